The summed E-state index contributed by atoms with van der Waals surface area (Å²) in [4.78, 5) is 3.78. The normalized spacial score (nSPS) is 26.5. The van der Waals surface area contributed by atoms with E-state index in [-0.39, 0.29) is 24.3 Å². The maximum Gasteiger partial charge on any atom is 0.168 e. The molecule has 0 bridgehead atoms. The predicted molar refractivity (Wildman–Crippen MR) is 67.2 cm³/mol. The summed E-state index contributed by atoms with van der Waals surface area (Å²) in [5.74, 6) is -1.71. The van der Waals surface area contributed by atoms with Gasteiger partial charge in [0.05, 0.1) is 6.10 Å². The Hall–Kier alpha value is -1.47. The number of ether oxygens (including phenoxy) is 1. The Balaban J connectivity index is 2.11. The summed E-state index contributed by atoms with van der Waals surface area (Å²) < 4.78 is 32.1. The fourth-order valence-corrected chi connectivity index (χ4v) is 2.01. The van der Waals surface area contributed by atoms with Crippen LogP contribution in [0.25, 0.3) is 0 Å². The SMILES string of the molecule is CNc1nc(NCC2(O)CCOC2C)c(F)cc1F. The Morgan fingerprint density at radius 1 is 1.47 bits per heavy atom. The lowest BCUT2D eigenvalue weighted by molar-refractivity contribution is -0.0176. The van der Waals surface area contributed by atoms with Gasteiger partial charge in [0, 0.05) is 32.7 Å². The molecule has 0 radical (unpaired) electrons. The molecule has 0 aromatic carbocycles. The minimum Gasteiger partial charge on any atom is -0.385 e. The summed E-state index contributed by atoms with van der Waals surface area (Å²) in [6, 6.07) is 0.750. The molecule has 19 heavy (non-hydrogen) atoms. The van der Waals surface area contributed by atoms with Crippen molar-refractivity contribution in [2.45, 2.75) is 25.0 Å². The zero-order valence-corrected chi connectivity index (χ0v) is 10.8. The van der Waals surface area contributed by atoms with Crippen molar-refractivity contribution in [1.82, 2.24) is 4.98 Å². The standard InChI is InChI=1S/C12H17F2N3O2/c1-7-12(18,3-4-19-7)6-16-11-9(14)5-8(13)10(15-2)17-11/h5,7,18H,3-4,6H2,1-2H3,(H2,15,16,17). The molecule has 2 atom stereocenters. The van der Waals surface area contributed by atoms with Crippen LogP contribution in [-0.2, 0) is 4.74 Å². The van der Waals surface area contributed by atoms with Crippen molar-refractivity contribution >= 4 is 11.6 Å². The predicted octanol–water partition coefficient (Wildman–Crippen LogP) is 1.35. The molecule has 1 aliphatic rings. The highest BCUT2D eigenvalue weighted by molar-refractivity contribution is 5.47. The maximum absolute atomic E-state index is 13.6. The molecule has 1 fully saturated rings. The lowest BCUT2D eigenvalue weighted by Gasteiger charge is -2.26. The van der Waals surface area contributed by atoms with Crippen LogP contribution in [0.4, 0.5) is 20.4 Å². The van der Waals surface area contributed by atoms with Crippen LogP contribution in [-0.4, -0.2) is 42.0 Å². The summed E-state index contributed by atoms with van der Waals surface area (Å²) in [5.41, 5.74) is -1.07. The molecule has 0 spiro atoms. The van der Waals surface area contributed by atoms with E-state index in [1.54, 1.807) is 6.92 Å². The van der Waals surface area contributed by atoms with Crippen molar-refractivity contribution in [3.8, 4) is 0 Å². The Morgan fingerprint density at radius 3 is 2.74 bits per heavy atom. The number of aromatic nitrogens is 1. The topological polar surface area (TPSA) is 66.4 Å². The molecule has 1 aromatic heterocycles. The molecule has 0 aliphatic carbocycles. The number of hydrogen-bond acceptors (Lipinski definition) is 5. The first-order chi connectivity index (χ1) is 8.96. The van der Waals surface area contributed by atoms with Crippen LogP contribution in [0.1, 0.15) is 13.3 Å². The van der Waals surface area contributed by atoms with Gasteiger partial charge in [0.1, 0.15) is 5.60 Å². The molecule has 2 heterocycles. The van der Waals surface area contributed by atoms with Crippen molar-refractivity contribution in [3.05, 3.63) is 17.7 Å². The van der Waals surface area contributed by atoms with E-state index < -0.39 is 17.2 Å². The van der Waals surface area contributed by atoms with E-state index in [1.165, 1.54) is 7.05 Å². The molecule has 7 heteroatoms. The molecule has 1 aliphatic heterocycles. The third-order valence-corrected chi connectivity index (χ3v) is 3.39. The van der Waals surface area contributed by atoms with Crippen LogP contribution in [0.5, 0.6) is 0 Å². The fourth-order valence-electron chi connectivity index (χ4n) is 2.01. The van der Waals surface area contributed by atoms with Crippen molar-refractivity contribution in [1.29, 1.82) is 0 Å². The minimum absolute atomic E-state index is 0.0494. The fraction of sp³-hybridized carbons (Fsp3) is 0.583. The smallest absolute Gasteiger partial charge is 0.168 e. The summed E-state index contributed by atoms with van der Waals surface area (Å²) >= 11 is 0. The average Bonchev–Trinajstić information content (AvgIpc) is 2.69. The van der Waals surface area contributed by atoms with Gasteiger partial charge in [-0.05, 0) is 6.92 Å². The van der Waals surface area contributed by atoms with Gasteiger partial charge in [-0.15, -0.1) is 0 Å². The van der Waals surface area contributed by atoms with Crippen LogP contribution in [0.15, 0.2) is 6.07 Å². The lowest BCUT2D eigenvalue weighted by Crippen LogP contribution is -2.43. The second-order valence-electron chi connectivity index (χ2n) is 4.62. The zero-order chi connectivity index (χ0) is 14.0. The van der Waals surface area contributed by atoms with Crippen molar-refractivity contribution in [2.75, 3.05) is 30.8 Å². The Bertz CT molecular complexity index is 473. The van der Waals surface area contributed by atoms with Gasteiger partial charge in [-0.25, -0.2) is 13.8 Å². The van der Waals surface area contributed by atoms with E-state index in [1.807, 2.05) is 0 Å². The number of nitrogens with zero attached hydrogens (tertiary/aromatic N) is 1. The summed E-state index contributed by atoms with van der Waals surface area (Å²) in [6.07, 6.45) is 0.121. The zero-order valence-electron chi connectivity index (χ0n) is 10.8. The van der Waals surface area contributed by atoms with Gasteiger partial charge in [0.25, 0.3) is 0 Å². The number of nitrogens with one attached hydrogen (secondary N) is 2. The number of anilines is 2. The molecule has 2 unspecified atom stereocenters. The Labute approximate surface area is 110 Å². The molecule has 0 saturated carbocycles. The Kier molecular flexibility index (Phi) is 3.86. The number of halogens is 2. The van der Waals surface area contributed by atoms with Crippen LogP contribution >= 0.6 is 0 Å². The molecule has 0 amide bonds. The first kappa shape index (κ1) is 14.0. The number of hydrogen-bond donors (Lipinski definition) is 3. The molecule has 1 saturated heterocycles. The molecule has 2 rings (SSSR count). The van der Waals surface area contributed by atoms with Gasteiger partial charge >= 0.3 is 0 Å². The second-order valence-corrected chi connectivity index (χ2v) is 4.62. The van der Waals surface area contributed by atoms with Crippen LogP contribution in [0, 0.1) is 11.6 Å². The van der Waals surface area contributed by atoms with Gasteiger partial charge in [-0.3, -0.25) is 0 Å². The van der Waals surface area contributed by atoms with Crippen molar-refractivity contribution in [2.24, 2.45) is 0 Å². The Morgan fingerprint density at radius 2 is 2.16 bits per heavy atom. The van der Waals surface area contributed by atoms with Crippen molar-refractivity contribution in [3.63, 3.8) is 0 Å². The van der Waals surface area contributed by atoms with Crippen LogP contribution in [0.2, 0.25) is 0 Å². The summed E-state index contributed by atoms with van der Waals surface area (Å²) in [7, 11) is 1.49. The quantitative estimate of drug-likeness (QED) is 0.773. The first-order valence-corrected chi connectivity index (χ1v) is 6.08. The molecule has 1 aromatic rings. The third-order valence-electron chi connectivity index (χ3n) is 3.39. The molecule has 5 nitrogen and oxygen atoms in total. The van der Waals surface area contributed by atoms with Crippen LogP contribution in [0.3, 0.4) is 0 Å². The highest BCUT2D eigenvalue weighted by atomic mass is 19.1. The van der Waals surface area contributed by atoms with Gasteiger partial charge in [-0.2, -0.15) is 0 Å². The minimum atomic E-state index is -1.07. The molecule has 3 N–H and O–H groups in total. The van der Waals surface area contributed by atoms with E-state index in [0.717, 1.165) is 6.07 Å². The summed E-state index contributed by atoms with van der Waals surface area (Å²) in [6.45, 7) is 2.30. The highest BCUT2D eigenvalue weighted by Gasteiger charge is 2.39. The lowest BCUT2D eigenvalue weighted by atomic mass is 9.97. The van der Waals surface area contributed by atoms with Gasteiger partial charge in [0.2, 0.25) is 0 Å². The van der Waals surface area contributed by atoms with Gasteiger partial charge < -0.3 is 20.5 Å². The van der Waals surface area contributed by atoms with Crippen molar-refractivity contribution < 1.29 is 18.6 Å². The van der Waals surface area contributed by atoms with E-state index in [2.05, 4.69) is 15.6 Å². The maximum atomic E-state index is 13.6. The largest absolute Gasteiger partial charge is 0.385 e. The van der Waals surface area contributed by atoms with E-state index in [4.69, 9.17) is 4.74 Å². The highest BCUT2D eigenvalue weighted by Crippen LogP contribution is 2.27. The number of pyridine rings is 1. The second kappa shape index (κ2) is 5.26. The average molecular weight is 273 g/mol. The van der Waals surface area contributed by atoms with Gasteiger partial charge in [0.15, 0.2) is 23.3 Å². The van der Waals surface area contributed by atoms with Crippen LogP contribution < -0.4 is 10.6 Å². The van der Waals surface area contributed by atoms with E-state index in [9.17, 15) is 13.9 Å². The van der Waals surface area contributed by atoms with E-state index in [0.29, 0.717) is 13.0 Å². The van der Waals surface area contributed by atoms with Gasteiger partial charge in [-0.1, -0.05) is 0 Å². The summed E-state index contributed by atoms with van der Waals surface area (Å²) in [5, 5.41) is 15.5. The number of rotatable bonds is 4. The molecular weight excluding hydrogens is 256 g/mol. The third kappa shape index (κ3) is 2.76. The molecular formula is C12H17F2N3O2. The van der Waals surface area contributed by atoms with E-state index >= 15 is 0 Å². The monoisotopic (exact) mass is 273 g/mol. The molecule has 106 valence electrons. The first-order valence-electron chi connectivity index (χ1n) is 6.08. The number of aliphatic hydroxyl groups is 1.